The van der Waals surface area contributed by atoms with Gasteiger partial charge < -0.3 is 15.7 Å². The summed E-state index contributed by atoms with van der Waals surface area (Å²) in [7, 11) is 0. The van der Waals surface area contributed by atoms with E-state index in [2.05, 4.69) is 50.7 Å². The SMILES string of the molecule is Cc1cc(Nc2nccc(C3CC3)n2)cc(-c2cnc(C3(O)CCCNCC3)s2)c1. The monoisotopic (exact) mass is 421 g/mol. The summed E-state index contributed by atoms with van der Waals surface area (Å²) >= 11 is 1.59. The van der Waals surface area contributed by atoms with Gasteiger partial charge in [-0.15, -0.1) is 11.3 Å². The van der Waals surface area contributed by atoms with Gasteiger partial charge in [-0.3, -0.25) is 0 Å². The number of benzene rings is 1. The van der Waals surface area contributed by atoms with Gasteiger partial charge >= 0.3 is 0 Å². The summed E-state index contributed by atoms with van der Waals surface area (Å²) in [6, 6.07) is 8.37. The molecule has 0 radical (unpaired) electrons. The molecule has 0 amide bonds. The molecule has 3 N–H and O–H groups in total. The lowest BCUT2D eigenvalue weighted by Crippen LogP contribution is -2.26. The Balaban J connectivity index is 1.40. The molecule has 1 aliphatic carbocycles. The molecule has 5 rings (SSSR count). The molecule has 1 saturated heterocycles. The van der Waals surface area contributed by atoms with Crippen molar-refractivity contribution in [3.8, 4) is 10.4 Å². The standard InChI is InChI=1S/C23H27N5OS/c1-15-11-17(20-14-26-21(30-20)23(29)6-2-8-24-10-7-23)13-18(12-15)27-22-25-9-5-19(28-22)16-3-4-16/h5,9,11-14,16,24,29H,2-4,6-8,10H2,1H3,(H,25,27,28). The lowest BCUT2D eigenvalue weighted by molar-refractivity contribution is 0.0238. The Hall–Kier alpha value is -2.35. The van der Waals surface area contributed by atoms with Crippen molar-refractivity contribution in [3.05, 3.63) is 52.9 Å². The summed E-state index contributed by atoms with van der Waals surface area (Å²) in [4.78, 5) is 14.7. The number of aryl methyl sites for hydroxylation is 1. The molecule has 3 heterocycles. The van der Waals surface area contributed by atoms with Gasteiger partial charge in [0.25, 0.3) is 0 Å². The number of aliphatic hydroxyl groups is 1. The zero-order valence-electron chi connectivity index (χ0n) is 17.2. The number of rotatable bonds is 5. The fraction of sp³-hybridized carbons (Fsp3) is 0.435. The molecule has 0 spiro atoms. The first-order valence-electron chi connectivity index (χ1n) is 10.7. The van der Waals surface area contributed by atoms with Crippen LogP contribution in [0.1, 0.15) is 54.3 Å². The Labute approximate surface area is 180 Å². The van der Waals surface area contributed by atoms with E-state index in [1.807, 2.05) is 18.5 Å². The van der Waals surface area contributed by atoms with Crippen molar-refractivity contribution in [1.29, 1.82) is 0 Å². The quantitative estimate of drug-likeness (QED) is 0.563. The first kappa shape index (κ1) is 19.6. The van der Waals surface area contributed by atoms with Gasteiger partial charge in [0.15, 0.2) is 0 Å². The molecule has 1 unspecified atom stereocenters. The van der Waals surface area contributed by atoms with Crippen LogP contribution in [0.2, 0.25) is 0 Å². The van der Waals surface area contributed by atoms with Crippen molar-refractivity contribution in [2.75, 3.05) is 18.4 Å². The van der Waals surface area contributed by atoms with Crippen LogP contribution in [0.4, 0.5) is 11.6 Å². The van der Waals surface area contributed by atoms with E-state index in [1.54, 1.807) is 11.3 Å². The first-order chi connectivity index (χ1) is 14.6. The van der Waals surface area contributed by atoms with Crippen LogP contribution in [0.15, 0.2) is 36.7 Å². The van der Waals surface area contributed by atoms with Crippen LogP contribution < -0.4 is 10.6 Å². The Morgan fingerprint density at radius 3 is 2.93 bits per heavy atom. The molecule has 2 aliphatic rings. The molecule has 1 saturated carbocycles. The van der Waals surface area contributed by atoms with Crippen molar-refractivity contribution >= 4 is 23.0 Å². The molecule has 7 heteroatoms. The minimum atomic E-state index is -0.825. The lowest BCUT2D eigenvalue weighted by atomic mass is 9.96. The summed E-state index contributed by atoms with van der Waals surface area (Å²) in [5.41, 5.74) is 3.51. The van der Waals surface area contributed by atoms with Gasteiger partial charge in [0.05, 0.1) is 4.88 Å². The Morgan fingerprint density at radius 1 is 1.17 bits per heavy atom. The van der Waals surface area contributed by atoms with Crippen LogP contribution in [-0.4, -0.2) is 33.1 Å². The molecule has 3 aromatic rings. The zero-order valence-corrected chi connectivity index (χ0v) is 18.0. The van der Waals surface area contributed by atoms with Gasteiger partial charge in [0.2, 0.25) is 5.95 Å². The summed E-state index contributed by atoms with van der Waals surface area (Å²) in [5.74, 6) is 1.24. The van der Waals surface area contributed by atoms with Gasteiger partial charge in [-0.1, -0.05) is 6.07 Å². The van der Waals surface area contributed by atoms with Gasteiger partial charge in [-0.05, 0) is 81.4 Å². The Kier molecular flexibility index (Phi) is 5.26. The van der Waals surface area contributed by atoms with E-state index in [4.69, 9.17) is 0 Å². The predicted molar refractivity (Wildman–Crippen MR) is 120 cm³/mol. The topological polar surface area (TPSA) is 83.0 Å². The second-order valence-electron chi connectivity index (χ2n) is 8.46. The average molecular weight is 422 g/mol. The third-order valence-electron chi connectivity index (χ3n) is 5.85. The molecule has 1 aliphatic heterocycles. The van der Waals surface area contributed by atoms with Crippen molar-refractivity contribution in [1.82, 2.24) is 20.3 Å². The number of hydrogen-bond acceptors (Lipinski definition) is 7. The zero-order chi connectivity index (χ0) is 20.6. The van der Waals surface area contributed by atoms with Crippen molar-refractivity contribution in [2.45, 2.75) is 50.5 Å². The number of nitrogens with one attached hydrogen (secondary N) is 2. The highest BCUT2D eigenvalue weighted by Crippen LogP contribution is 2.40. The van der Waals surface area contributed by atoms with E-state index in [0.717, 1.165) is 58.3 Å². The largest absolute Gasteiger partial charge is 0.383 e. The number of aromatic nitrogens is 3. The number of hydrogen-bond donors (Lipinski definition) is 3. The predicted octanol–water partition coefficient (Wildman–Crippen LogP) is 4.49. The fourth-order valence-corrected chi connectivity index (χ4v) is 5.10. The average Bonchev–Trinajstić information content (AvgIpc) is 3.50. The van der Waals surface area contributed by atoms with Crippen molar-refractivity contribution < 1.29 is 5.11 Å². The maximum absolute atomic E-state index is 11.1. The number of thiazole rings is 1. The van der Waals surface area contributed by atoms with E-state index in [1.165, 1.54) is 12.8 Å². The van der Waals surface area contributed by atoms with Gasteiger partial charge in [0.1, 0.15) is 10.6 Å². The lowest BCUT2D eigenvalue weighted by Gasteiger charge is -2.23. The number of nitrogens with zero attached hydrogens (tertiary/aromatic N) is 3. The van der Waals surface area contributed by atoms with Gasteiger partial charge in [-0.2, -0.15) is 0 Å². The van der Waals surface area contributed by atoms with Crippen molar-refractivity contribution in [3.63, 3.8) is 0 Å². The van der Waals surface area contributed by atoms with Crippen molar-refractivity contribution in [2.24, 2.45) is 0 Å². The summed E-state index contributed by atoms with van der Waals surface area (Å²) in [6.45, 7) is 3.87. The molecule has 6 nitrogen and oxygen atoms in total. The van der Waals surface area contributed by atoms with Gasteiger partial charge in [-0.25, -0.2) is 15.0 Å². The maximum Gasteiger partial charge on any atom is 0.227 e. The van der Waals surface area contributed by atoms with E-state index in [0.29, 0.717) is 18.3 Å². The summed E-state index contributed by atoms with van der Waals surface area (Å²) in [5, 5.41) is 18.7. The minimum Gasteiger partial charge on any atom is -0.383 e. The molecule has 2 aromatic heterocycles. The van der Waals surface area contributed by atoms with E-state index >= 15 is 0 Å². The van der Waals surface area contributed by atoms with Crippen LogP contribution in [0.5, 0.6) is 0 Å². The molecule has 1 aromatic carbocycles. The molecule has 2 fully saturated rings. The highest BCUT2D eigenvalue weighted by molar-refractivity contribution is 7.15. The normalized spacial score (nSPS) is 21.9. The molecule has 1 atom stereocenters. The summed E-state index contributed by atoms with van der Waals surface area (Å²) in [6.07, 6.45) is 8.58. The maximum atomic E-state index is 11.1. The van der Waals surface area contributed by atoms with Crippen LogP contribution in [0.3, 0.4) is 0 Å². The van der Waals surface area contributed by atoms with Crippen LogP contribution >= 0.6 is 11.3 Å². The second kappa shape index (κ2) is 8.06. The van der Waals surface area contributed by atoms with E-state index in [-0.39, 0.29) is 0 Å². The highest BCUT2D eigenvalue weighted by Gasteiger charge is 2.33. The fourth-order valence-electron chi connectivity index (χ4n) is 4.05. The van der Waals surface area contributed by atoms with Crippen LogP contribution in [0, 0.1) is 6.92 Å². The molecule has 156 valence electrons. The van der Waals surface area contributed by atoms with Gasteiger partial charge in [0, 0.05) is 29.7 Å². The number of anilines is 2. The van der Waals surface area contributed by atoms with Crippen LogP contribution in [-0.2, 0) is 5.60 Å². The van der Waals surface area contributed by atoms with E-state index < -0.39 is 5.60 Å². The van der Waals surface area contributed by atoms with Crippen LogP contribution in [0.25, 0.3) is 10.4 Å². The molecule has 0 bridgehead atoms. The molecule has 30 heavy (non-hydrogen) atoms. The Bertz CT molecular complexity index is 1040. The summed E-state index contributed by atoms with van der Waals surface area (Å²) < 4.78 is 0. The highest BCUT2D eigenvalue weighted by atomic mass is 32.1. The third kappa shape index (κ3) is 4.24. The third-order valence-corrected chi connectivity index (χ3v) is 7.09. The van der Waals surface area contributed by atoms with E-state index in [9.17, 15) is 5.11 Å². The second-order valence-corrected chi connectivity index (χ2v) is 9.49. The minimum absolute atomic E-state index is 0.599. The molecular weight excluding hydrogens is 394 g/mol. The Morgan fingerprint density at radius 2 is 2.07 bits per heavy atom. The smallest absolute Gasteiger partial charge is 0.227 e. The molecular formula is C23H27N5OS. The first-order valence-corrected chi connectivity index (χ1v) is 11.5.